The number of hydrogen-bond acceptors (Lipinski definition) is 8. The van der Waals surface area contributed by atoms with E-state index in [0.29, 0.717) is 34.0 Å². The van der Waals surface area contributed by atoms with E-state index in [4.69, 9.17) is 18.7 Å². The molecule has 0 spiro atoms. The number of rotatable bonds is 7. The summed E-state index contributed by atoms with van der Waals surface area (Å²) in [6.07, 6.45) is 0. The zero-order valence-corrected chi connectivity index (χ0v) is 18.2. The second-order valence-corrected chi connectivity index (χ2v) is 7.09. The second kappa shape index (κ2) is 9.39. The summed E-state index contributed by atoms with van der Waals surface area (Å²) in [7, 11) is 3.02. The Balaban J connectivity index is 1.53. The molecule has 0 aliphatic carbocycles. The molecule has 2 heterocycles. The zero-order valence-electron chi connectivity index (χ0n) is 18.2. The fraction of sp³-hybridized carbons (Fsp3) is 0.167. The SMILES string of the molecule is COc1cc(NC(=O)COC(=O)c2cc(-c3ccccc3)nc3onc(C)c23)cc(OC)c1. The number of pyridine rings is 1. The minimum Gasteiger partial charge on any atom is -0.497 e. The monoisotopic (exact) mass is 447 g/mol. The van der Waals surface area contributed by atoms with E-state index in [1.165, 1.54) is 14.2 Å². The van der Waals surface area contributed by atoms with Gasteiger partial charge in [0, 0.05) is 29.4 Å². The van der Waals surface area contributed by atoms with Gasteiger partial charge in [0.25, 0.3) is 11.6 Å². The molecule has 0 aliphatic rings. The molecule has 0 fully saturated rings. The maximum Gasteiger partial charge on any atom is 0.339 e. The highest BCUT2D eigenvalue weighted by molar-refractivity contribution is 6.05. The van der Waals surface area contributed by atoms with Crippen LogP contribution in [-0.4, -0.2) is 42.8 Å². The Morgan fingerprint density at radius 2 is 1.70 bits per heavy atom. The first-order valence-corrected chi connectivity index (χ1v) is 10.0. The van der Waals surface area contributed by atoms with Crippen molar-refractivity contribution in [3.05, 3.63) is 65.9 Å². The number of hydrogen-bond donors (Lipinski definition) is 1. The van der Waals surface area contributed by atoms with Gasteiger partial charge in [-0.25, -0.2) is 9.78 Å². The molecule has 1 N–H and O–H groups in total. The molecule has 9 heteroatoms. The van der Waals surface area contributed by atoms with Crippen LogP contribution in [0.15, 0.2) is 59.1 Å². The molecule has 0 radical (unpaired) electrons. The third-order valence-electron chi connectivity index (χ3n) is 4.88. The first-order valence-electron chi connectivity index (χ1n) is 10.0. The lowest BCUT2D eigenvalue weighted by molar-refractivity contribution is -0.119. The largest absolute Gasteiger partial charge is 0.497 e. The van der Waals surface area contributed by atoms with Gasteiger partial charge in [-0.1, -0.05) is 35.5 Å². The number of anilines is 1. The quantitative estimate of drug-likeness (QED) is 0.423. The van der Waals surface area contributed by atoms with Gasteiger partial charge in [-0.05, 0) is 13.0 Å². The summed E-state index contributed by atoms with van der Waals surface area (Å²) in [5, 5.41) is 7.01. The summed E-state index contributed by atoms with van der Waals surface area (Å²) in [5.41, 5.74) is 2.70. The Morgan fingerprint density at radius 3 is 2.36 bits per heavy atom. The number of fused-ring (bicyclic) bond motifs is 1. The van der Waals surface area contributed by atoms with E-state index >= 15 is 0 Å². The summed E-state index contributed by atoms with van der Waals surface area (Å²) >= 11 is 0. The average Bonchev–Trinajstić information content (AvgIpc) is 3.22. The van der Waals surface area contributed by atoms with Crippen LogP contribution >= 0.6 is 0 Å². The Bertz CT molecular complexity index is 1290. The van der Waals surface area contributed by atoms with Gasteiger partial charge >= 0.3 is 5.97 Å². The fourth-order valence-corrected chi connectivity index (χ4v) is 3.30. The number of amides is 1. The molecule has 33 heavy (non-hydrogen) atoms. The minimum absolute atomic E-state index is 0.216. The number of ether oxygens (including phenoxy) is 3. The maximum absolute atomic E-state index is 12.9. The van der Waals surface area contributed by atoms with Crippen molar-refractivity contribution in [2.45, 2.75) is 6.92 Å². The van der Waals surface area contributed by atoms with Gasteiger partial charge in [0.2, 0.25) is 0 Å². The van der Waals surface area contributed by atoms with E-state index in [0.717, 1.165) is 5.56 Å². The maximum atomic E-state index is 12.9. The lowest BCUT2D eigenvalue weighted by Gasteiger charge is -2.11. The Morgan fingerprint density at radius 1 is 1.00 bits per heavy atom. The standard InChI is InChI=1S/C24H21N3O6/c1-14-22-19(12-20(26-23(22)33-27-14)15-7-5-4-6-8-15)24(29)32-13-21(28)25-16-9-17(30-2)11-18(10-16)31-3/h4-12H,13H2,1-3H3,(H,25,28). The Hall–Kier alpha value is -4.40. The molecular weight excluding hydrogens is 426 g/mol. The number of benzene rings is 2. The molecule has 0 atom stereocenters. The van der Waals surface area contributed by atoms with E-state index in [-0.39, 0.29) is 11.3 Å². The van der Waals surface area contributed by atoms with Crippen LogP contribution in [0.3, 0.4) is 0 Å². The van der Waals surface area contributed by atoms with E-state index < -0.39 is 18.5 Å². The van der Waals surface area contributed by atoms with Gasteiger partial charge in [-0.2, -0.15) is 0 Å². The zero-order chi connectivity index (χ0) is 23.4. The highest BCUT2D eigenvalue weighted by atomic mass is 16.5. The number of carbonyl (C=O) groups excluding carboxylic acids is 2. The van der Waals surface area contributed by atoms with Gasteiger partial charge in [-0.3, -0.25) is 4.79 Å². The van der Waals surface area contributed by atoms with Crippen LogP contribution in [0, 0.1) is 6.92 Å². The topological polar surface area (TPSA) is 113 Å². The number of methoxy groups -OCH3 is 2. The van der Waals surface area contributed by atoms with Gasteiger partial charge in [0.05, 0.1) is 36.6 Å². The van der Waals surface area contributed by atoms with E-state index in [1.54, 1.807) is 31.2 Å². The predicted molar refractivity (Wildman–Crippen MR) is 120 cm³/mol. The van der Waals surface area contributed by atoms with Crippen molar-refractivity contribution in [3.63, 3.8) is 0 Å². The summed E-state index contributed by atoms with van der Waals surface area (Å²) in [4.78, 5) is 29.8. The molecule has 4 rings (SSSR count). The molecule has 2 aromatic carbocycles. The van der Waals surface area contributed by atoms with E-state index in [1.807, 2.05) is 30.3 Å². The van der Waals surface area contributed by atoms with E-state index in [9.17, 15) is 9.59 Å². The van der Waals surface area contributed by atoms with Crippen LogP contribution in [0.4, 0.5) is 5.69 Å². The van der Waals surface area contributed by atoms with Crippen molar-refractivity contribution in [2.24, 2.45) is 0 Å². The predicted octanol–water partition coefficient (Wildman–Crippen LogP) is 4.01. The minimum atomic E-state index is -0.691. The number of carbonyl (C=O) groups is 2. The molecule has 0 saturated heterocycles. The first kappa shape index (κ1) is 21.8. The Kier molecular flexibility index (Phi) is 6.21. The molecule has 0 saturated carbocycles. The van der Waals surface area contributed by atoms with Crippen LogP contribution in [-0.2, 0) is 9.53 Å². The van der Waals surface area contributed by atoms with Gasteiger partial charge in [-0.15, -0.1) is 0 Å². The van der Waals surface area contributed by atoms with Crippen LogP contribution in [0.5, 0.6) is 11.5 Å². The third kappa shape index (κ3) is 4.77. The number of nitrogens with one attached hydrogen (secondary N) is 1. The van der Waals surface area contributed by atoms with Crippen LogP contribution in [0.2, 0.25) is 0 Å². The van der Waals surface area contributed by atoms with Crippen LogP contribution in [0.25, 0.3) is 22.4 Å². The van der Waals surface area contributed by atoms with Gasteiger partial charge in [0.15, 0.2) is 6.61 Å². The molecule has 1 amide bonds. The van der Waals surface area contributed by atoms with Crippen LogP contribution < -0.4 is 14.8 Å². The molecule has 0 bridgehead atoms. The number of nitrogens with zero attached hydrogens (tertiary/aromatic N) is 2. The van der Waals surface area contributed by atoms with Crippen molar-refractivity contribution in [1.82, 2.24) is 10.1 Å². The molecule has 0 unspecified atom stereocenters. The summed E-state index contributed by atoms with van der Waals surface area (Å²) in [6, 6.07) is 15.9. The summed E-state index contributed by atoms with van der Waals surface area (Å²) in [5.74, 6) is -0.187. The Labute approximate surface area is 189 Å². The molecule has 2 aromatic heterocycles. The van der Waals surface area contributed by atoms with Gasteiger partial charge < -0.3 is 24.1 Å². The van der Waals surface area contributed by atoms with Gasteiger partial charge in [0.1, 0.15) is 11.5 Å². The number of esters is 1. The van der Waals surface area contributed by atoms with Crippen molar-refractivity contribution in [3.8, 4) is 22.8 Å². The van der Waals surface area contributed by atoms with Crippen LogP contribution in [0.1, 0.15) is 16.1 Å². The molecule has 168 valence electrons. The molecule has 9 nitrogen and oxygen atoms in total. The second-order valence-electron chi connectivity index (χ2n) is 7.09. The van der Waals surface area contributed by atoms with Crippen molar-refractivity contribution in [2.75, 3.05) is 26.1 Å². The lowest BCUT2D eigenvalue weighted by atomic mass is 10.1. The fourth-order valence-electron chi connectivity index (χ4n) is 3.30. The average molecular weight is 447 g/mol. The smallest absolute Gasteiger partial charge is 0.339 e. The lowest BCUT2D eigenvalue weighted by Crippen LogP contribution is -2.21. The summed E-state index contributed by atoms with van der Waals surface area (Å²) in [6.45, 7) is 1.21. The van der Waals surface area contributed by atoms with Crippen molar-refractivity contribution >= 4 is 28.7 Å². The first-order chi connectivity index (χ1) is 16.0. The van der Waals surface area contributed by atoms with Crippen molar-refractivity contribution in [1.29, 1.82) is 0 Å². The molecule has 0 aliphatic heterocycles. The summed E-state index contributed by atoms with van der Waals surface area (Å²) < 4.78 is 20.9. The number of aryl methyl sites for hydroxylation is 1. The normalized spacial score (nSPS) is 10.6. The van der Waals surface area contributed by atoms with Crippen molar-refractivity contribution < 1.29 is 28.3 Å². The third-order valence-corrected chi connectivity index (χ3v) is 4.88. The highest BCUT2D eigenvalue weighted by Crippen LogP contribution is 2.28. The van der Waals surface area contributed by atoms with E-state index in [2.05, 4.69) is 15.5 Å². The highest BCUT2D eigenvalue weighted by Gasteiger charge is 2.21. The molecule has 4 aromatic rings. The molecular formula is C24H21N3O6. The number of aromatic nitrogens is 2.